The van der Waals surface area contributed by atoms with Crippen LogP contribution in [0.1, 0.15) is 34.1 Å². The molecule has 5 nitrogen and oxygen atoms in total. The Labute approximate surface area is 100 Å². The Morgan fingerprint density at radius 3 is 1.50 bits per heavy atom. The van der Waals surface area contributed by atoms with Crippen molar-refractivity contribution in [3.8, 4) is 0 Å². The minimum absolute atomic E-state index is 0. The molecule has 0 saturated heterocycles. The summed E-state index contributed by atoms with van der Waals surface area (Å²) in [6.45, 7) is 14.2. The quantitative estimate of drug-likeness (QED) is 0.596. The molecule has 6 N–H and O–H groups in total. The zero-order chi connectivity index (χ0) is 11.2. The molecule has 0 aromatic rings. The molecular weight excluding hydrogens is 208 g/mol. The minimum Gasteiger partial charge on any atom is -0.412 e. The standard InChI is InChI=1S/C6H15N.C5H13NO.2H2O/c1-4-7(5-2)6-3;1-2-3-6-4-5-7;;/h4-6H2,1-3H3;6-7H,2-5H2,1H3;2*1H2. The third-order valence-corrected chi connectivity index (χ3v) is 2.06. The van der Waals surface area contributed by atoms with E-state index in [-0.39, 0.29) is 17.6 Å². The maximum absolute atomic E-state index is 8.23. The molecule has 0 unspecified atom stereocenters. The van der Waals surface area contributed by atoms with E-state index in [1.807, 2.05) is 0 Å². The Hall–Kier alpha value is -0.200. The van der Waals surface area contributed by atoms with Gasteiger partial charge in [0.2, 0.25) is 0 Å². The van der Waals surface area contributed by atoms with Crippen molar-refractivity contribution in [2.45, 2.75) is 34.1 Å². The Morgan fingerprint density at radius 1 is 0.875 bits per heavy atom. The highest BCUT2D eigenvalue weighted by molar-refractivity contribution is 4.43. The first kappa shape index (κ1) is 24.9. The first-order valence-corrected chi connectivity index (χ1v) is 5.80. The van der Waals surface area contributed by atoms with Gasteiger partial charge in [-0.05, 0) is 32.6 Å². The molecular formula is C11H32N2O3. The molecule has 0 bridgehead atoms. The van der Waals surface area contributed by atoms with Crippen LogP contribution in [-0.2, 0) is 0 Å². The highest BCUT2D eigenvalue weighted by Gasteiger charge is 1.89. The van der Waals surface area contributed by atoms with E-state index in [0.29, 0.717) is 0 Å². The number of aliphatic hydroxyl groups is 1. The van der Waals surface area contributed by atoms with Crippen molar-refractivity contribution in [2.24, 2.45) is 0 Å². The zero-order valence-corrected chi connectivity index (χ0v) is 11.3. The Morgan fingerprint density at radius 2 is 1.31 bits per heavy atom. The van der Waals surface area contributed by atoms with Gasteiger partial charge in [0.1, 0.15) is 0 Å². The molecule has 0 aliphatic heterocycles. The summed E-state index contributed by atoms with van der Waals surface area (Å²) in [6, 6.07) is 0. The van der Waals surface area contributed by atoms with Gasteiger partial charge in [0.05, 0.1) is 6.61 Å². The van der Waals surface area contributed by atoms with Crippen LogP contribution in [-0.4, -0.2) is 60.3 Å². The lowest BCUT2D eigenvalue weighted by Crippen LogP contribution is -2.21. The zero-order valence-electron chi connectivity index (χ0n) is 11.3. The van der Waals surface area contributed by atoms with E-state index in [0.717, 1.165) is 19.5 Å². The van der Waals surface area contributed by atoms with E-state index in [4.69, 9.17) is 5.11 Å². The van der Waals surface area contributed by atoms with E-state index in [2.05, 4.69) is 37.9 Å². The summed E-state index contributed by atoms with van der Waals surface area (Å²) in [7, 11) is 0. The molecule has 0 heterocycles. The lowest BCUT2D eigenvalue weighted by Gasteiger charge is -2.13. The molecule has 5 heteroatoms. The lowest BCUT2D eigenvalue weighted by atomic mass is 10.5. The predicted molar refractivity (Wildman–Crippen MR) is 70.9 cm³/mol. The van der Waals surface area contributed by atoms with Gasteiger partial charge in [0.25, 0.3) is 0 Å². The number of rotatable bonds is 7. The van der Waals surface area contributed by atoms with Crippen LogP contribution in [0.4, 0.5) is 0 Å². The van der Waals surface area contributed by atoms with Gasteiger partial charge >= 0.3 is 0 Å². The third kappa shape index (κ3) is 23.5. The van der Waals surface area contributed by atoms with Gasteiger partial charge in [-0.1, -0.05) is 27.7 Å². The van der Waals surface area contributed by atoms with E-state index in [9.17, 15) is 0 Å². The van der Waals surface area contributed by atoms with E-state index >= 15 is 0 Å². The summed E-state index contributed by atoms with van der Waals surface area (Å²) in [5, 5.41) is 11.3. The van der Waals surface area contributed by atoms with Crippen molar-refractivity contribution in [2.75, 3.05) is 39.3 Å². The summed E-state index contributed by atoms with van der Waals surface area (Å²) in [4.78, 5) is 2.38. The van der Waals surface area contributed by atoms with Crippen LogP contribution in [0, 0.1) is 0 Å². The molecule has 0 aromatic heterocycles. The Balaban J connectivity index is -0.0000000800. The van der Waals surface area contributed by atoms with Crippen LogP contribution in [0.25, 0.3) is 0 Å². The van der Waals surface area contributed by atoms with Crippen molar-refractivity contribution in [3.63, 3.8) is 0 Å². The Kier molecular flexibility index (Phi) is 37.5. The smallest absolute Gasteiger partial charge is 0.0555 e. The maximum atomic E-state index is 8.23. The maximum Gasteiger partial charge on any atom is 0.0555 e. The molecule has 0 rings (SSSR count). The van der Waals surface area contributed by atoms with Crippen LogP contribution >= 0.6 is 0 Å². The predicted octanol–water partition coefficient (Wildman–Crippen LogP) is -0.323. The number of hydrogen-bond acceptors (Lipinski definition) is 3. The average molecular weight is 240 g/mol. The molecule has 0 fully saturated rings. The van der Waals surface area contributed by atoms with Crippen molar-refractivity contribution in [3.05, 3.63) is 0 Å². The molecule has 0 amide bonds. The minimum atomic E-state index is 0. The van der Waals surface area contributed by atoms with Crippen molar-refractivity contribution in [1.29, 1.82) is 0 Å². The van der Waals surface area contributed by atoms with Gasteiger partial charge in [-0.15, -0.1) is 0 Å². The van der Waals surface area contributed by atoms with Crippen LogP contribution in [0.15, 0.2) is 0 Å². The molecule has 0 spiro atoms. The fraction of sp³-hybridized carbons (Fsp3) is 1.00. The molecule has 104 valence electrons. The van der Waals surface area contributed by atoms with E-state index in [1.165, 1.54) is 19.6 Å². The number of hydrogen-bond donors (Lipinski definition) is 2. The summed E-state index contributed by atoms with van der Waals surface area (Å²) in [5.41, 5.74) is 0. The second-order valence-electron chi connectivity index (χ2n) is 3.09. The average Bonchev–Trinajstić information content (AvgIpc) is 2.22. The van der Waals surface area contributed by atoms with Gasteiger partial charge in [-0.25, -0.2) is 0 Å². The second kappa shape index (κ2) is 24.2. The SMILES string of the molecule is CCCNCCO.CCN(CC)CC.O.O. The largest absolute Gasteiger partial charge is 0.412 e. The first-order valence-electron chi connectivity index (χ1n) is 5.80. The number of nitrogens with one attached hydrogen (secondary N) is 1. The fourth-order valence-corrected chi connectivity index (χ4v) is 1.05. The molecule has 0 aromatic carbocycles. The van der Waals surface area contributed by atoms with Gasteiger partial charge in [0.15, 0.2) is 0 Å². The van der Waals surface area contributed by atoms with Crippen LogP contribution in [0.2, 0.25) is 0 Å². The highest BCUT2D eigenvalue weighted by atomic mass is 16.3. The lowest BCUT2D eigenvalue weighted by molar-refractivity contribution is 0.292. The topological polar surface area (TPSA) is 98.5 Å². The summed E-state index contributed by atoms with van der Waals surface area (Å²) in [6.07, 6.45) is 1.14. The summed E-state index contributed by atoms with van der Waals surface area (Å²) in [5.74, 6) is 0. The Bertz CT molecular complexity index is 81.8. The monoisotopic (exact) mass is 240 g/mol. The van der Waals surface area contributed by atoms with Crippen LogP contribution < -0.4 is 5.32 Å². The molecule has 0 atom stereocenters. The highest BCUT2D eigenvalue weighted by Crippen LogP contribution is 1.81. The molecule has 0 aliphatic rings. The normalized spacial score (nSPS) is 8.62. The van der Waals surface area contributed by atoms with Gasteiger partial charge < -0.3 is 26.3 Å². The second-order valence-corrected chi connectivity index (χ2v) is 3.09. The number of nitrogens with zero attached hydrogens (tertiary/aromatic N) is 1. The summed E-state index contributed by atoms with van der Waals surface area (Å²) < 4.78 is 0. The van der Waals surface area contributed by atoms with Crippen molar-refractivity contribution >= 4 is 0 Å². The van der Waals surface area contributed by atoms with Crippen LogP contribution in [0.5, 0.6) is 0 Å². The molecule has 16 heavy (non-hydrogen) atoms. The fourth-order valence-electron chi connectivity index (χ4n) is 1.05. The molecule has 0 aliphatic carbocycles. The van der Waals surface area contributed by atoms with Gasteiger partial charge in [0, 0.05) is 6.54 Å². The van der Waals surface area contributed by atoms with E-state index in [1.54, 1.807) is 0 Å². The van der Waals surface area contributed by atoms with E-state index < -0.39 is 0 Å². The van der Waals surface area contributed by atoms with Crippen molar-refractivity contribution in [1.82, 2.24) is 10.2 Å². The van der Waals surface area contributed by atoms with Gasteiger partial charge in [-0.2, -0.15) is 0 Å². The van der Waals surface area contributed by atoms with Gasteiger partial charge in [-0.3, -0.25) is 0 Å². The van der Waals surface area contributed by atoms with Crippen molar-refractivity contribution < 1.29 is 16.1 Å². The summed E-state index contributed by atoms with van der Waals surface area (Å²) >= 11 is 0. The molecule has 0 saturated carbocycles. The molecule has 0 radical (unpaired) electrons. The first-order chi connectivity index (χ1) is 6.76. The number of aliphatic hydroxyl groups excluding tert-OH is 1. The third-order valence-electron chi connectivity index (χ3n) is 2.06. The van der Waals surface area contributed by atoms with Crippen LogP contribution in [0.3, 0.4) is 0 Å².